The van der Waals surface area contributed by atoms with E-state index >= 15 is 0 Å². The summed E-state index contributed by atoms with van der Waals surface area (Å²) in [6.07, 6.45) is 1.33. The first-order valence-electron chi connectivity index (χ1n) is 11.1. The van der Waals surface area contributed by atoms with Crippen molar-refractivity contribution in [3.05, 3.63) is 63.5 Å². The van der Waals surface area contributed by atoms with Gasteiger partial charge in [-0.1, -0.05) is 12.1 Å². The topological polar surface area (TPSA) is 87.0 Å². The van der Waals surface area contributed by atoms with Gasteiger partial charge in [0, 0.05) is 35.4 Å². The van der Waals surface area contributed by atoms with Gasteiger partial charge in [0.15, 0.2) is 11.5 Å². The van der Waals surface area contributed by atoms with Crippen molar-refractivity contribution in [3.8, 4) is 17.2 Å². The normalized spacial score (nSPS) is 13.9. The summed E-state index contributed by atoms with van der Waals surface area (Å²) in [6, 6.07) is 11.2. The van der Waals surface area contributed by atoms with Crippen LogP contribution in [0.25, 0.3) is 11.0 Å². The van der Waals surface area contributed by atoms with Crippen molar-refractivity contribution in [2.24, 2.45) is 0 Å². The van der Waals surface area contributed by atoms with Gasteiger partial charge in [0.1, 0.15) is 23.5 Å². The van der Waals surface area contributed by atoms with Crippen LogP contribution in [0.3, 0.4) is 0 Å². The summed E-state index contributed by atoms with van der Waals surface area (Å²) in [7, 11) is 1.56. The fourth-order valence-electron chi connectivity index (χ4n) is 4.17. The molecule has 0 bridgehead atoms. The zero-order valence-corrected chi connectivity index (χ0v) is 19.4. The van der Waals surface area contributed by atoms with Gasteiger partial charge in [0.05, 0.1) is 13.7 Å². The van der Waals surface area contributed by atoms with Gasteiger partial charge in [0.25, 0.3) is 0 Å². The predicted octanol–water partition coefficient (Wildman–Crippen LogP) is 3.95. The second kappa shape index (κ2) is 9.17. The summed E-state index contributed by atoms with van der Waals surface area (Å²) in [4.78, 5) is 24.8. The Morgan fingerprint density at radius 2 is 2.03 bits per heavy atom. The van der Waals surface area contributed by atoms with Gasteiger partial charge in [0.2, 0.25) is 5.91 Å². The third kappa shape index (κ3) is 4.97. The summed E-state index contributed by atoms with van der Waals surface area (Å²) in [5, 5.41) is 3.68. The molecule has 1 aliphatic rings. The molecule has 2 heterocycles. The van der Waals surface area contributed by atoms with Crippen LogP contribution in [0.2, 0.25) is 0 Å². The molecule has 1 N–H and O–H groups in total. The summed E-state index contributed by atoms with van der Waals surface area (Å²) >= 11 is 0. The van der Waals surface area contributed by atoms with Crippen molar-refractivity contribution in [1.29, 1.82) is 0 Å². The molecule has 174 valence electrons. The summed E-state index contributed by atoms with van der Waals surface area (Å²) in [5.74, 6) is 1.94. The molecule has 0 atom stereocenters. The van der Waals surface area contributed by atoms with E-state index in [1.165, 1.54) is 0 Å². The molecule has 2 aromatic carbocycles. The first-order valence-corrected chi connectivity index (χ1v) is 11.1. The van der Waals surface area contributed by atoms with Crippen LogP contribution in [0.5, 0.6) is 17.2 Å². The maximum Gasteiger partial charge on any atom is 0.339 e. The number of carbonyl (C=O) groups excluding carboxylic acids is 1. The SMILES string of the molecule is COc1ccc2c(C)c(CCC(=O)NCCOc3cccc4c3OC(C)(C)C4)c(=O)oc2c1. The van der Waals surface area contributed by atoms with E-state index < -0.39 is 5.63 Å². The lowest BCUT2D eigenvalue weighted by Crippen LogP contribution is -2.29. The Kier molecular flexibility index (Phi) is 6.31. The minimum Gasteiger partial charge on any atom is -0.497 e. The van der Waals surface area contributed by atoms with Gasteiger partial charge < -0.3 is 23.9 Å². The number of hydrogen-bond donors (Lipinski definition) is 1. The third-order valence-corrected chi connectivity index (χ3v) is 5.83. The fourth-order valence-corrected chi connectivity index (χ4v) is 4.17. The molecule has 1 aliphatic heterocycles. The lowest BCUT2D eigenvalue weighted by atomic mass is 10.0. The van der Waals surface area contributed by atoms with Gasteiger partial charge in [-0.3, -0.25) is 4.79 Å². The second-order valence-corrected chi connectivity index (χ2v) is 8.84. The molecule has 33 heavy (non-hydrogen) atoms. The van der Waals surface area contributed by atoms with E-state index in [2.05, 4.69) is 5.32 Å². The highest BCUT2D eigenvalue weighted by Gasteiger charge is 2.32. The first kappa shape index (κ1) is 22.7. The number of methoxy groups -OCH3 is 1. The Labute approximate surface area is 192 Å². The van der Waals surface area contributed by atoms with Gasteiger partial charge >= 0.3 is 5.63 Å². The molecular formula is C26H29NO6. The van der Waals surface area contributed by atoms with E-state index in [1.807, 2.05) is 51.1 Å². The van der Waals surface area contributed by atoms with E-state index in [-0.39, 0.29) is 17.9 Å². The number of aryl methyl sites for hydroxylation is 1. The minimum atomic E-state index is -0.426. The zero-order valence-electron chi connectivity index (χ0n) is 19.4. The monoisotopic (exact) mass is 451 g/mol. The van der Waals surface area contributed by atoms with Crippen molar-refractivity contribution >= 4 is 16.9 Å². The molecule has 0 aliphatic carbocycles. The van der Waals surface area contributed by atoms with Crippen LogP contribution >= 0.6 is 0 Å². The van der Waals surface area contributed by atoms with Crippen LogP contribution in [-0.4, -0.2) is 31.8 Å². The van der Waals surface area contributed by atoms with Crippen LogP contribution in [-0.2, 0) is 17.6 Å². The fraction of sp³-hybridized carbons (Fsp3) is 0.385. The Morgan fingerprint density at radius 3 is 2.82 bits per heavy atom. The second-order valence-electron chi connectivity index (χ2n) is 8.84. The highest BCUT2D eigenvalue weighted by molar-refractivity contribution is 5.82. The van der Waals surface area contributed by atoms with Crippen molar-refractivity contribution in [1.82, 2.24) is 5.32 Å². The molecule has 7 heteroatoms. The molecular weight excluding hydrogens is 422 g/mol. The average molecular weight is 452 g/mol. The van der Waals surface area contributed by atoms with Crippen molar-refractivity contribution in [2.75, 3.05) is 20.3 Å². The van der Waals surface area contributed by atoms with Gasteiger partial charge in [-0.05, 0) is 51.0 Å². The number of para-hydroxylation sites is 1. The lowest BCUT2D eigenvalue weighted by molar-refractivity contribution is -0.121. The molecule has 7 nitrogen and oxygen atoms in total. The van der Waals surface area contributed by atoms with Crippen LogP contribution in [0.4, 0.5) is 0 Å². The maximum atomic E-state index is 12.5. The van der Waals surface area contributed by atoms with Gasteiger partial charge in [-0.25, -0.2) is 4.79 Å². The maximum absolute atomic E-state index is 12.5. The number of benzene rings is 2. The highest BCUT2D eigenvalue weighted by atomic mass is 16.5. The van der Waals surface area contributed by atoms with Crippen molar-refractivity contribution < 1.29 is 23.4 Å². The Bertz CT molecular complexity index is 1240. The van der Waals surface area contributed by atoms with E-state index in [1.54, 1.807) is 13.2 Å². The zero-order chi connectivity index (χ0) is 23.6. The van der Waals surface area contributed by atoms with Crippen LogP contribution < -0.4 is 25.2 Å². The number of carbonyl (C=O) groups is 1. The molecule has 0 radical (unpaired) electrons. The van der Waals surface area contributed by atoms with E-state index in [0.29, 0.717) is 42.2 Å². The van der Waals surface area contributed by atoms with E-state index in [4.69, 9.17) is 18.6 Å². The third-order valence-electron chi connectivity index (χ3n) is 5.83. The summed E-state index contributed by atoms with van der Waals surface area (Å²) in [5.41, 5.74) is 2.27. The molecule has 0 unspecified atom stereocenters. The van der Waals surface area contributed by atoms with Crippen LogP contribution in [0.1, 0.15) is 37.0 Å². The molecule has 1 amide bonds. The number of nitrogens with one attached hydrogen (secondary N) is 1. The standard InChI is InChI=1S/C26H29NO6/c1-16-19-9-8-18(30-4)14-22(19)32-25(29)20(16)10-11-23(28)27-12-13-31-21-7-5-6-17-15-26(2,3)33-24(17)21/h5-9,14H,10-13,15H2,1-4H3,(H,27,28). The predicted molar refractivity (Wildman–Crippen MR) is 125 cm³/mol. The average Bonchev–Trinajstić information content (AvgIpc) is 3.10. The van der Waals surface area contributed by atoms with Gasteiger partial charge in [-0.15, -0.1) is 0 Å². The molecule has 0 spiro atoms. The highest BCUT2D eigenvalue weighted by Crippen LogP contribution is 2.41. The van der Waals surface area contributed by atoms with E-state index in [9.17, 15) is 9.59 Å². The number of amides is 1. The quantitative estimate of drug-likeness (QED) is 0.412. The van der Waals surface area contributed by atoms with Crippen LogP contribution in [0, 0.1) is 6.92 Å². The number of hydrogen-bond acceptors (Lipinski definition) is 6. The molecule has 4 rings (SSSR count). The number of fused-ring (bicyclic) bond motifs is 2. The Morgan fingerprint density at radius 1 is 1.21 bits per heavy atom. The first-order chi connectivity index (χ1) is 15.8. The summed E-state index contributed by atoms with van der Waals surface area (Å²) in [6.45, 7) is 6.65. The summed E-state index contributed by atoms with van der Waals surface area (Å²) < 4.78 is 22.5. The Hall–Kier alpha value is -3.48. The van der Waals surface area contributed by atoms with E-state index in [0.717, 1.165) is 28.7 Å². The van der Waals surface area contributed by atoms with Crippen molar-refractivity contribution in [2.45, 2.75) is 45.6 Å². The Balaban J connectivity index is 1.30. The lowest BCUT2D eigenvalue weighted by Gasteiger charge is -2.18. The van der Waals surface area contributed by atoms with Crippen LogP contribution in [0.15, 0.2) is 45.6 Å². The number of rotatable bonds is 8. The van der Waals surface area contributed by atoms with Gasteiger partial charge in [-0.2, -0.15) is 0 Å². The molecule has 0 saturated heterocycles. The smallest absolute Gasteiger partial charge is 0.339 e. The number of ether oxygens (including phenoxy) is 3. The molecule has 3 aromatic rings. The minimum absolute atomic E-state index is 0.150. The molecule has 0 fully saturated rings. The molecule has 1 aromatic heterocycles. The largest absolute Gasteiger partial charge is 0.497 e. The molecule has 0 saturated carbocycles. The van der Waals surface area contributed by atoms with Crippen molar-refractivity contribution in [3.63, 3.8) is 0 Å².